The van der Waals surface area contributed by atoms with Crippen LogP contribution in [0.25, 0.3) is 10.2 Å². The van der Waals surface area contributed by atoms with Crippen LogP contribution in [0.5, 0.6) is 0 Å². The Hall–Kier alpha value is -2.43. The molecule has 31 heavy (non-hydrogen) atoms. The third-order valence-electron chi connectivity index (χ3n) is 4.74. The molecule has 0 saturated carbocycles. The summed E-state index contributed by atoms with van der Waals surface area (Å²) in [5, 5.41) is 2.48. The first-order chi connectivity index (χ1) is 14.6. The average molecular weight is 486 g/mol. The number of sulfonamides is 1. The average Bonchev–Trinajstić information content (AvgIpc) is 3.01. The fraction of sp³-hybridized carbons (Fsp3) is 0.300. The highest BCUT2D eigenvalue weighted by Gasteiger charge is 2.32. The third kappa shape index (κ3) is 4.76. The summed E-state index contributed by atoms with van der Waals surface area (Å²) in [6.45, 7) is 4.08. The van der Waals surface area contributed by atoms with Crippen LogP contribution in [0.2, 0.25) is 5.02 Å². The number of nitrogens with one attached hydrogen (secondary N) is 1. The van der Waals surface area contributed by atoms with E-state index in [-0.39, 0.29) is 22.0 Å². The normalized spacial score (nSPS) is 12.7. The van der Waals surface area contributed by atoms with Crippen molar-refractivity contribution in [2.24, 2.45) is 0 Å². The molecular formula is C20H21ClFN3O4S2. The summed E-state index contributed by atoms with van der Waals surface area (Å²) in [4.78, 5) is 25.0. The topological polar surface area (TPSA) is 88.5 Å². The SMILES string of the molecule is CCC(C(=O)Nc1ccc2c(c1)sc(=O)n2CC)N(c1ccc(F)c(Cl)c1)S(C)(=O)=O. The van der Waals surface area contributed by atoms with Crippen LogP contribution in [0, 0.1) is 5.82 Å². The van der Waals surface area contributed by atoms with E-state index < -0.39 is 27.8 Å². The smallest absolute Gasteiger partial charge is 0.308 e. The van der Waals surface area contributed by atoms with Gasteiger partial charge in [-0.1, -0.05) is 29.9 Å². The summed E-state index contributed by atoms with van der Waals surface area (Å²) in [7, 11) is -3.89. The van der Waals surface area contributed by atoms with Gasteiger partial charge in [-0.2, -0.15) is 0 Å². The highest BCUT2D eigenvalue weighted by molar-refractivity contribution is 7.92. The standard InChI is InChI=1S/C20H21ClFN3O4S2/c1-4-16(25(31(3,28)29)13-7-8-15(22)14(21)11-13)19(26)23-12-6-9-17-18(10-12)30-20(27)24(17)5-2/h6-11,16H,4-5H2,1-3H3,(H,23,26). The summed E-state index contributed by atoms with van der Waals surface area (Å²) in [5.41, 5.74) is 1.29. The second kappa shape index (κ2) is 8.97. The first-order valence-electron chi connectivity index (χ1n) is 9.45. The lowest BCUT2D eigenvalue weighted by Crippen LogP contribution is -2.47. The van der Waals surface area contributed by atoms with E-state index >= 15 is 0 Å². The number of rotatable bonds is 7. The predicted octanol–water partition coefficient (Wildman–Crippen LogP) is 4.06. The number of halogens is 2. The number of hydrogen-bond acceptors (Lipinski definition) is 5. The van der Waals surface area contributed by atoms with E-state index in [4.69, 9.17) is 11.6 Å². The Morgan fingerprint density at radius 3 is 2.55 bits per heavy atom. The van der Waals surface area contributed by atoms with Gasteiger partial charge < -0.3 is 5.32 Å². The van der Waals surface area contributed by atoms with Gasteiger partial charge in [0.1, 0.15) is 11.9 Å². The number of carbonyl (C=O) groups is 1. The van der Waals surface area contributed by atoms with E-state index in [1.165, 1.54) is 12.1 Å². The molecule has 0 fully saturated rings. The van der Waals surface area contributed by atoms with Crippen molar-refractivity contribution in [3.63, 3.8) is 0 Å². The molecule has 166 valence electrons. The van der Waals surface area contributed by atoms with Gasteiger partial charge >= 0.3 is 4.87 Å². The maximum Gasteiger partial charge on any atom is 0.308 e. The molecule has 3 rings (SSSR count). The van der Waals surface area contributed by atoms with Gasteiger partial charge in [0.05, 0.1) is 27.2 Å². The Bertz CT molecular complexity index is 1300. The molecule has 0 saturated heterocycles. The van der Waals surface area contributed by atoms with Gasteiger partial charge in [0.2, 0.25) is 15.9 Å². The van der Waals surface area contributed by atoms with Gasteiger partial charge in [-0.15, -0.1) is 0 Å². The molecule has 1 atom stereocenters. The molecule has 0 aliphatic carbocycles. The maximum atomic E-state index is 13.6. The van der Waals surface area contributed by atoms with Crippen LogP contribution >= 0.6 is 22.9 Å². The third-order valence-corrected chi connectivity index (χ3v) is 7.15. The molecule has 0 spiro atoms. The quantitative estimate of drug-likeness (QED) is 0.546. The minimum absolute atomic E-state index is 0.0876. The van der Waals surface area contributed by atoms with Crippen LogP contribution in [0.15, 0.2) is 41.2 Å². The Morgan fingerprint density at radius 2 is 1.97 bits per heavy atom. The Morgan fingerprint density at radius 1 is 1.26 bits per heavy atom. The first-order valence-corrected chi connectivity index (χ1v) is 12.5. The highest BCUT2D eigenvalue weighted by atomic mass is 35.5. The zero-order valence-corrected chi connectivity index (χ0v) is 19.4. The fourth-order valence-corrected chi connectivity index (χ4v) is 5.72. The molecule has 3 aromatic rings. The number of carbonyl (C=O) groups excluding carboxylic acids is 1. The predicted molar refractivity (Wildman–Crippen MR) is 123 cm³/mol. The number of thiazole rings is 1. The van der Waals surface area contributed by atoms with Crippen molar-refractivity contribution in [1.29, 1.82) is 0 Å². The monoisotopic (exact) mass is 485 g/mol. The molecule has 0 bridgehead atoms. The lowest BCUT2D eigenvalue weighted by atomic mass is 10.1. The second-order valence-electron chi connectivity index (χ2n) is 6.87. The van der Waals surface area contributed by atoms with Crippen molar-refractivity contribution in [3.8, 4) is 0 Å². The number of hydrogen-bond donors (Lipinski definition) is 1. The van der Waals surface area contributed by atoms with E-state index in [1.807, 2.05) is 6.92 Å². The molecule has 1 aromatic heterocycles. The van der Waals surface area contributed by atoms with Crippen LogP contribution in [-0.4, -0.2) is 31.2 Å². The van der Waals surface area contributed by atoms with E-state index in [2.05, 4.69) is 5.32 Å². The van der Waals surface area contributed by atoms with Gasteiger partial charge in [0.15, 0.2) is 0 Å². The number of anilines is 2. The molecule has 1 amide bonds. The van der Waals surface area contributed by atoms with Gasteiger partial charge in [0, 0.05) is 12.2 Å². The molecule has 1 N–H and O–H groups in total. The van der Waals surface area contributed by atoms with Gasteiger partial charge in [-0.3, -0.25) is 18.5 Å². The number of fused-ring (bicyclic) bond motifs is 1. The summed E-state index contributed by atoms with van der Waals surface area (Å²) < 4.78 is 41.9. The summed E-state index contributed by atoms with van der Waals surface area (Å²) >= 11 is 6.89. The zero-order chi connectivity index (χ0) is 22.9. The van der Waals surface area contributed by atoms with Crippen molar-refractivity contribution in [2.75, 3.05) is 15.9 Å². The van der Waals surface area contributed by atoms with Crippen LogP contribution in [0.1, 0.15) is 20.3 Å². The number of aromatic nitrogens is 1. The zero-order valence-electron chi connectivity index (χ0n) is 17.1. The summed E-state index contributed by atoms with van der Waals surface area (Å²) in [6, 6.07) is 7.46. The Balaban J connectivity index is 1.95. The molecule has 0 aliphatic heterocycles. The molecular weight excluding hydrogens is 465 g/mol. The van der Waals surface area contributed by atoms with Crippen LogP contribution in [0.3, 0.4) is 0 Å². The van der Waals surface area contributed by atoms with Crippen molar-refractivity contribution in [3.05, 3.63) is 56.9 Å². The number of benzene rings is 2. The van der Waals surface area contributed by atoms with Crippen LogP contribution in [0.4, 0.5) is 15.8 Å². The molecule has 7 nitrogen and oxygen atoms in total. The van der Waals surface area contributed by atoms with E-state index in [9.17, 15) is 22.4 Å². The van der Waals surface area contributed by atoms with Gasteiger partial charge in [0.25, 0.3) is 0 Å². The van der Waals surface area contributed by atoms with Crippen molar-refractivity contribution >= 4 is 60.5 Å². The van der Waals surface area contributed by atoms with Crippen LogP contribution in [-0.2, 0) is 21.4 Å². The van der Waals surface area contributed by atoms with Crippen molar-refractivity contribution in [2.45, 2.75) is 32.9 Å². The molecule has 0 aliphatic rings. The van der Waals surface area contributed by atoms with Gasteiger partial charge in [-0.25, -0.2) is 12.8 Å². The van der Waals surface area contributed by atoms with E-state index in [0.29, 0.717) is 16.9 Å². The molecule has 1 unspecified atom stereocenters. The number of nitrogens with zero attached hydrogens (tertiary/aromatic N) is 2. The first kappa shape index (κ1) is 23.2. The largest absolute Gasteiger partial charge is 0.324 e. The highest BCUT2D eigenvalue weighted by Crippen LogP contribution is 2.28. The summed E-state index contributed by atoms with van der Waals surface area (Å²) in [5.74, 6) is -1.25. The number of amides is 1. The van der Waals surface area contributed by atoms with Crippen LogP contribution < -0.4 is 14.5 Å². The molecule has 0 radical (unpaired) electrons. The summed E-state index contributed by atoms with van der Waals surface area (Å²) in [6.07, 6.45) is 1.13. The van der Waals surface area contributed by atoms with Gasteiger partial charge in [-0.05, 0) is 49.7 Å². The minimum atomic E-state index is -3.89. The van der Waals surface area contributed by atoms with Crippen molar-refractivity contribution < 1.29 is 17.6 Å². The molecule has 2 aromatic carbocycles. The van der Waals surface area contributed by atoms with Crippen molar-refractivity contribution in [1.82, 2.24) is 4.57 Å². The van der Waals surface area contributed by atoms with E-state index in [1.54, 1.807) is 29.7 Å². The Labute approximate surface area is 188 Å². The minimum Gasteiger partial charge on any atom is -0.324 e. The second-order valence-corrected chi connectivity index (χ2v) is 10.1. The molecule has 1 heterocycles. The molecule has 11 heteroatoms. The number of aryl methyl sites for hydroxylation is 1. The van der Waals surface area contributed by atoms with E-state index in [0.717, 1.165) is 33.5 Å². The lowest BCUT2D eigenvalue weighted by molar-refractivity contribution is -0.117. The Kier molecular flexibility index (Phi) is 6.73. The maximum absolute atomic E-state index is 13.6. The fourth-order valence-electron chi connectivity index (χ4n) is 3.35. The lowest BCUT2D eigenvalue weighted by Gasteiger charge is -2.30.